The van der Waals surface area contributed by atoms with Gasteiger partial charge in [0, 0.05) is 38.8 Å². The number of hydrogen-bond donors (Lipinski definition) is 1. The van der Waals surface area contributed by atoms with Crippen LogP contribution in [0.25, 0.3) is 6.08 Å². The molecule has 6 heteroatoms. The van der Waals surface area contributed by atoms with E-state index < -0.39 is 0 Å². The predicted molar refractivity (Wildman–Crippen MR) is 97.1 cm³/mol. The highest BCUT2D eigenvalue weighted by Crippen LogP contribution is 2.23. The summed E-state index contributed by atoms with van der Waals surface area (Å²) in [6.45, 7) is 6.20. The first-order chi connectivity index (χ1) is 11.0. The summed E-state index contributed by atoms with van der Waals surface area (Å²) in [6.07, 6.45) is 4.23. The van der Waals surface area contributed by atoms with Crippen LogP contribution in [0.5, 0.6) is 0 Å². The molecule has 1 aromatic carbocycles. The van der Waals surface area contributed by atoms with Gasteiger partial charge in [-0.15, -0.1) is 0 Å². The molecule has 1 aliphatic heterocycles. The van der Waals surface area contributed by atoms with E-state index in [0.29, 0.717) is 16.6 Å². The van der Waals surface area contributed by atoms with Crippen molar-refractivity contribution in [3.63, 3.8) is 0 Å². The Morgan fingerprint density at radius 3 is 2.65 bits per heavy atom. The Kier molecular flexibility index (Phi) is 7.37. The van der Waals surface area contributed by atoms with E-state index in [1.807, 2.05) is 6.07 Å². The molecule has 126 valence electrons. The molecular formula is C17H23Cl2N3O. The minimum absolute atomic E-state index is 0.0885. The van der Waals surface area contributed by atoms with E-state index in [2.05, 4.69) is 22.2 Å². The van der Waals surface area contributed by atoms with Gasteiger partial charge in [0.05, 0.1) is 10.0 Å². The van der Waals surface area contributed by atoms with Crippen LogP contribution >= 0.6 is 23.2 Å². The van der Waals surface area contributed by atoms with Gasteiger partial charge in [-0.25, -0.2) is 0 Å². The lowest BCUT2D eigenvalue weighted by Crippen LogP contribution is -2.45. The fourth-order valence-electron chi connectivity index (χ4n) is 2.43. The molecule has 0 aliphatic carbocycles. The van der Waals surface area contributed by atoms with Crippen molar-refractivity contribution in [2.24, 2.45) is 0 Å². The van der Waals surface area contributed by atoms with Crippen LogP contribution in [0.15, 0.2) is 24.3 Å². The summed E-state index contributed by atoms with van der Waals surface area (Å²) in [5.74, 6) is -0.0885. The van der Waals surface area contributed by atoms with Crippen molar-refractivity contribution in [2.45, 2.75) is 6.42 Å². The molecule has 0 bridgehead atoms. The molecule has 1 saturated heterocycles. The van der Waals surface area contributed by atoms with Crippen LogP contribution in [0.2, 0.25) is 10.0 Å². The minimum atomic E-state index is -0.0885. The highest BCUT2D eigenvalue weighted by molar-refractivity contribution is 6.42. The first-order valence-electron chi connectivity index (χ1n) is 7.86. The molecule has 0 radical (unpaired) electrons. The van der Waals surface area contributed by atoms with E-state index >= 15 is 0 Å². The van der Waals surface area contributed by atoms with Crippen molar-refractivity contribution in [3.05, 3.63) is 39.9 Å². The monoisotopic (exact) mass is 355 g/mol. The molecule has 2 rings (SSSR count). The number of nitrogens with zero attached hydrogens (tertiary/aromatic N) is 2. The van der Waals surface area contributed by atoms with Gasteiger partial charge in [-0.3, -0.25) is 4.79 Å². The van der Waals surface area contributed by atoms with Crippen LogP contribution in [-0.4, -0.2) is 62.0 Å². The number of carbonyl (C=O) groups excluding carboxylic acids is 1. The third kappa shape index (κ3) is 6.51. The van der Waals surface area contributed by atoms with Crippen molar-refractivity contribution in [2.75, 3.05) is 46.3 Å². The molecule has 0 spiro atoms. The third-order valence-corrected chi connectivity index (χ3v) is 4.66. The van der Waals surface area contributed by atoms with Gasteiger partial charge in [-0.2, -0.15) is 0 Å². The van der Waals surface area contributed by atoms with Crippen LogP contribution in [0.4, 0.5) is 0 Å². The molecule has 1 N–H and O–H groups in total. The van der Waals surface area contributed by atoms with Crippen molar-refractivity contribution in [1.29, 1.82) is 0 Å². The van der Waals surface area contributed by atoms with Crippen LogP contribution in [0.3, 0.4) is 0 Å². The highest BCUT2D eigenvalue weighted by Gasteiger charge is 2.12. The average Bonchev–Trinajstić information content (AvgIpc) is 2.54. The van der Waals surface area contributed by atoms with Gasteiger partial charge in [-0.1, -0.05) is 29.3 Å². The lowest BCUT2D eigenvalue weighted by Gasteiger charge is -2.32. The van der Waals surface area contributed by atoms with E-state index in [0.717, 1.165) is 44.7 Å². The van der Waals surface area contributed by atoms with Gasteiger partial charge >= 0.3 is 0 Å². The van der Waals surface area contributed by atoms with E-state index in [9.17, 15) is 4.79 Å². The lowest BCUT2D eigenvalue weighted by molar-refractivity contribution is -0.116. The number of amides is 1. The number of carbonyl (C=O) groups is 1. The maximum Gasteiger partial charge on any atom is 0.243 e. The number of rotatable bonds is 6. The maximum atomic E-state index is 11.8. The van der Waals surface area contributed by atoms with Gasteiger partial charge in [0.15, 0.2) is 0 Å². The van der Waals surface area contributed by atoms with E-state index in [1.54, 1.807) is 18.2 Å². The number of nitrogens with one attached hydrogen (secondary N) is 1. The van der Waals surface area contributed by atoms with Gasteiger partial charge < -0.3 is 15.1 Å². The van der Waals surface area contributed by atoms with Crippen molar-refractivity contribution < 1.29 is 4.79 Å². The molecule has 23 heavy (non-hydrogen) atoms. The summed E-state index contributed by atoms with van der Waals surface area (Å²) in [5, 5.41) is 3.90. The number of halogens is 2. The Morgan fingerprint density at radius 1 is 1.22 bits per heavy atom. The lowest BCUT2D eigenvalue weighted by atomic mass is 10.2. The summed E-state index contributed by atoms with van der Waals surface area (Å²) in [4.78, 5) is 16.6. The zero-order valence-corrected chi connectivity index (χ0v) is 14.9. The highest BCUT2D eigenvalue weighted by atomic mass is 35.5. The second kappa shape index (κ2) is 9.28. The summed E-state index contributed by atoms with van der Waals surface area (Å²) >= 11 is 11.8. The molecule has 0 atom stereocenters. The summed E-state index contributed by atoms with van der Waals surface area (Å²) in [5.41, 5.74) is 0.854. The third-order valence-electron chi connectivity index (χ3n) is 3.92. The predicted octanol–water partition coefficient (Wildman–Crippen LogP) is 2.76. The van der Waals surface area contributed by atoms with Gasteiger partial charge in [-0.05, 0) is 43.8 Å². The standard InChI is InChI=1S/C17H23Cl2N3O/c1-21-9-11-22(12-10-21)8-2-7-20-17(23)6-4-14-3-5-15(18)16(19)13-14/h3-6,13H,2,7-12H2,1H3,(H,20,23)/b6-4+. The molecule has 1 fully saturated rings. The van der Waals surface area contributed by atoms with Gasteiger partial charge in [0.25, 0.3) is 0 Å². The summed E-state index contributed by atoms with van der Waals surface area (Å²) < 4.78 is 0. The number of benzene rings is 1. The Hall–Kier alpha value is -1.07. The number of hydrogen-bond acceptors (Lipinski definition) is 3. The first-order valence-corrected chi connectivity index (χ1v) is 8.62. The Morgan fingerprint density at radius 2 is 1.96 bits per heavy atom. The topological polar surface area (TPSA) is 35.6 Å². The molecule has 4 nitrogen and oxygen atoms in total. The molecule has 1 aromatic rings. The van der Waals surface area contributed by atoms with Gasteiger partial charge in [0.2, 0.25) is 5.91 Å². The van der Waals surface area contributed by atoms with Gasteiger partial charge in [0.1, 0.15) is 0 Å². The zero-order valence-electron chi connectivity index (χ0n) is 13.4. The summed E-state index contributed by atoms with van der Waals surface area (Å²) in [6, 6.07) is 5.28. The quantitative estimate of drug-likeness (QED) is 0.629. The van der Waals surface area contributed by atoms with Crippen LogP contribution in [0.1, 0.15) is 12.0 Å². The van der Waals surface area contributed by atoms with E-state index in [4.69, 9.17) is 23.2 Å². The fourth-order valence-corrected chi connectivity index (χ4v) is 2.74. The normalized spacial score (nSPS) is 16.8. The molecule has 0 aromatic heterocycles. The molecular weight excluding hydrogens is 333 g/mol. The molecule has 1 amide bonds. The van der Waals surface area contributed by atoms with E-state index in [-0.39, 0.29) is 5.91 Å². The number of likely N-dealkylation sites (N-methyl/N-ethyl adjacent to an activating group) is 1. The molecule has 1 heterocycles. The zero-order chi connectivity index (χ0) is 16.7. The summed E-state index contributed by atoms with van der Waals surface area (Å²) in [7, 11) is 2.15. The van der Waals surface area contributed by atoms with Crippen LogP contribution in [0, 0.1) is 0 Å². The Balaban J connectivity index is 1.64. The van der Waals surface area contributed by atoms with Crippen molar-refractivity contribution in [3.8, 4) is 0 Å². The number of piperazine rings is 1. The van der Waals surface area contributed by atoms with Crippen molar-refractivity contribution in [1.82, 2.24) is 15.1 Å². The second-order valence-corrected chi connectivity index (χ2v) is 6.61. The second-order valence-electron chi connectivity index (χ2n) is 5.80. The fraction of sp³-hybridized carbons (Fsp3) is 0.471. The van der Waals surface area contributed by atoms with Crippen LogP contribution < -0.4 is 5.32 Å². The van der Waals surface area contributed by atoms with Crippen molar-refractivity contribution >= 4 is 35.2 Å². The molecule has 0 unspecified atom stereocenters. The Labute approximate surface area is 148 Å². The SMILES string of the molecule is CN1CCN(CCCNC(=O)/C=C/c2ccc(Cl)c(Cl)c2)CC1. The maximum absolute atomic E-state index is 11.8. The largest absolute Gasteiger partial charge is 0.353 e. The smallest absolute Gasteiger partial charge is 0.243 e. The minimum Gasteiger partial charge on any atom is -0.353 e. The van der Waals surface area contributed by atoms with Crippen LogP contribution in [-0.2, 0) is 4.79 Å². The Bertz CT molecular complexity index is 555. The molecule has 0 saturated carbocycles. The average molecular weight is 356 g/mol. The molecule has 1 aliphatic rings. The first kappa shape index (κ1) is 18.3. The van der Waals surface area contributed by atoms with E-state index in [1.165, 1.54) is 6.08 Å².